The standard InChI is InChI=1S/C31H42O7/c1-19(10-11-23-16-24(34)15-20(2)27(23)36-22(4)33)14-25-17-29(7)12-9-13-30(29,8)31(37-25)18-26(35-21(3)32)28(5,6)38-31/h10,15-17,26,34H,9,11-14,18H2,1-8H3/b19-10+/t26-,29+,30+,31+/m0/s1. The minimum Gasteiger partial charge on any atom is -0.508 e. The van der Waals surface area contributed by atoms with Crippen molar-refractivity contribution in [3.05, 3.63) is 46.7 Å². The van der Waals surface area contributed by atoms with E-state index in [2.05, 4.69) is 26.0 Å². The Morgan fingerprint density at radius 3 is 2.47 bits per heavy atom. The molecule has 0 bridgehead atoms. The lowest BCUT2D eigenvalue weighted by Crippen LogP contribution is -2.57. The summed E-state index contributed by atoms with van der Waals surface area (Å²) in [7, 11) is 0. The summed E-state index contributed by atoms with van der Waals surface area (Å²) in [6.45, 7) is 15.1. The number of hydrogen-bond acceptors (Lipinski definition) is 7. The second kappa shape index (κ2) is 9.74. The molecule has 1 saturated heterocycles. The summed E-state index contributed by atoms with van der Waals surface area (Å²) < 4.78 is 24.7. The Morgan fingerprint density at radius 2 is 1.82 bits per heavy atom. The van der Waals surface area contributed by atoms with Gasteiger partial charge in [0, 0.05) is 36.7 Å². The Morgan fingerprint density at radius 1 is 1.11 bits per heavy atom. The summed E-state index contributed by atoms with van der Waals surface area (Å²) in [6, 6.07) is 3.22. The smallest absolute Gasteiger partial charge is 0.308 e. The van der Waals surface area contributed by atoms with Crippen LogP contribution >= 0.6 is 0 Å². The summed E-state index contributed by atoms with van der Waals surface area (Å²) in [5, 5.41) is 10.1. The normalized spacial score (nSPS) is 31.9. The Hall–Kier alpha value is -2.80. The molecule has 208 valence electrons. The average molecular weight is 527 g/mol. The van der Waals surface area contributed by atoms with E-state index in [9.17, 15) is 14.7 Å². The maximum Gasteiger partial charge on any atom is 0.308 e. The van der Waals surface area contributed by atoms with Gasteiger partial charge in [-0.25, -0.2) is 0 Å². The van der Waals surface area contributed by atoms with E-state index in [-0.39, 0.29) is 22.5 Å². The van der Waals surface area contributed by atoms with E-state index in [1.54, 1.807) is 12.1 Å². The lowest BCUT2D eigenvalue weighted by Gasteiger charge is -2.54. The summed E-state index contributed by atoms with van der Waals surface area (Å²) in [4.78, 5) is 23.5. The van der Waals surface area contributed by atoms with E-state index >= 15 is 0 Å². The number of rotatable bonds is 6. The summed E-state index contributed by atoms with van der Waals surface area (Å²) >= 11 is 0. The van der Waals surface area contributed by atoms with Crippen molar-refractivity contribution < 1.29 is 33.6 Å². The second-order valence-corrected chi connectivity index (χ2v) is 12.4. The first-order valence-electron chi connectivity index (χ1n) is 13.5. The highest BCUT2D eigenvalue weighted by molar-refractivity contribution is 5.70. The number of aromatic hydroxyl groups is 1. The van der Waals surface area contributed by atoms with Crippen LogP contribution in [0.4, 0.5) is 0 Å². The number of esters is 2. The van der Waals surface area contributed by atoms with Crippen molar-refractivity contribution in [3.8, 4) is 11.5 Å². The molecule has 38 heavy (non-hydrogen) atoms. The molecule has 1 aliphatic carbocycles. The fraction of sp³-hybridized carbons (Fsp3) is 0.613. The van der Waals surface area contributed by atoms with Crippen molar-refractivity contribution in [1.82, 2.24) is 0 Å². The van der Waals surface area contributed by atoms with Gasteiger partial charge in [0.1, 0.15) is 29.0 Å². The van der Waals surface area contributed by atoms with Crippen molar-refractivity contribution in [2.24, 2.45) is 10.8 Å². The van der Waals surface area contributed by atoms with E-state index in [0.717, 1.165) is 36.2 Å². The van der Waals surface area contributed by atoms with Crippen LogP contribution in [-0.2, 0) is 30.2 Å². The number of allylic oxidation sites excluding steroid dienone is 3. The Balaban J connectivity index is 1.61. The number of carbonyl (C=O) groups excluding carboxylic acids is 2. The molecular weight excluding hydrogens is 484 g/mol. The van der Waals surface area contributed by atoms with E-state index in [0.29, 0.717) is 30.6 Å². The number of ether oxygens (including phenoxy) is 4. The van der Waals surface area contributed by atoms with Crippen molar-refractivity contribution in [3.63, 3.8) is 0 Å². The molecular formula is C31H42O7. The van der Waals surface area contributed by atoms with E-state index < -0.39 is 23.5 Å². The Labute approximate surface area is 226 Å². The fourth-order valence-corrected chi connectivity index (χ4v) is 6.73. The van der Waals surface area contributed by atoms with Crippen LogP contribution in [0.25, 0.3) is 0 Å². The van der Waals surface area contributed by atoms with Crippen LogP contribution in [0.15, 0.2) is 35.6 Å². The van der Waals surface area contributed by atoms with Gasteiger partial charge in [-0.1, -0.05) is 31.9 Å². The molecule has 7 nitrogen and oxygen atoms in total. The number of phenols is 1. The van der Waals surface area contributed by atoms with Crippen molar-refractivity contribution in [1.29, 1.82) is 0 Å². The van der Waals surface area contributed by atoms with Crippen LogP contribution in [-0.4, -0.2) is 34.5 Å². The number of aryl methyl sites for hydroxylation is 1. The van der Waals surface area contributed by atoms with Gasteiger partial charge in [-0.15, -0.1) is 0 Å². The average Bonchev–Trinajstić information content (AvgIpc) is 3.21. The molecule has 2 aliphatic heterocycles. The second-order valence-electron chi connectivity index (χ2n) is 12.4. The first kappa shape index (κ1) is 28.2. The quantitative estimate of drug-likeness (QED) is 0.259. The third-order valence-corrected chi connectivity index (χ3v) is 8.92. The van der Waals surface area contributed by atoms with Crippen LogP contribution in [0, 0.1) is 17.8 Å². The molecule has 1 aromatic carbocycles. The molecule has 0 aromatic heterocycles. The number of carbonyl (C=O) groups is 2. The Kier molecular flexibility index (Phi) is 7.23. The molecule has 2 fully saturated rings. The van der Waals surface area contributed by atoms with Gasteiger partial charge in [-0.3, -0.25) is 9.59 Å². The van der Waals surface area contributed by atoms with Gasteiger partial charge in [0.2, 0.25) is 5.79 Å². The molecule has 0 unspecified atom stereocenters. The van der Waals surface area contributed by atoms with Gasteiger partial charge in [0.15, 0.2) is 0 Å². The lowest BCUT2D eigenvalue weighted by molar-refractivity contribution is -0.309. The topological polar surface area (TPSA) is 91.3 Å². The molecule has 1 N–H and O–H groups in total. The zero-order valence-corrected chi connectivity index (χ0v) is 24.0. The lowest BCUT2D eigenvalue weighted by atomic mass is 9.60. The van der Waals surface area contributed by atoms with Crippen molar-refractivity contribution in [2.75, 3.05) is 0 Å². The van der Waals surface area contributed by atoms with Gasteiger partial charge in [-0.05, 0) is 70.7 Å². The van der Waals surface area contributed by atoms with E-state index in [1.807, 2.05) is 27.7 Å². The minimum atomic E-state index is -0.892. The molecule has 4 atom stereocenters. The van der Waals surface area contributed by atoms with Gasteiger partial charge < -0.3 is 24.1 Å². The van der Waals surface area contributed by atoms with Crippen molar-refractivity contribution >= 4 is 11.9 Å². The summed E-state index contributed by atoms with van der Waals surface area (Å²) in [5.74, 6) is -0.130. The highest BCUT2D eigenvalue weighted by Crippen LogP contribution is 2.67. The molecule has 0 amide bonds. The minimum absolute atomic E-state index is 0.118. The van der Waals surface area contributed by atoms with Crippen molar-refractivity contribution in [2.45, 2.75) is 111 Å². The highest BCUT2D eigenvalue weighted by atomic mass is 16.7. The predicted molar refractivity (Wildman–Crippen MR) is 144 cm³/mol. The Bertz CT molecular complexity index is 1190. The molecule has 1 saturated carbocycles. The first-order valence-corrected chi connectivity index (χ1v) is 13.5. The number of fused-ring (bicyclic) bond motifs is 2. The van der Waals surface area contributed by atoms with Crippen LogP contribution in [0.3, 0.4) is 0 Å². The molecule has 1 spiro atoms. The first-order chi connectivity index (χ1) is 17.6. The maximum absolute atomic E-state index is 11.9. The zero-order chi connectivity index (χ0) is 28.1. The van der Waals surface area contributed by atoms with Crippen LogP contribution in [0.2, 0.25) is 0 Å². The van der Waals surface area contributed by atoms with Gasteiger partial charge in [0.25, 0.3) is 0 Å². The van der Waals surface area contributed by atoms with Crippen LogP contribution < -0.4 is 4.74 Å². The number of phenolic OH excluding ortho intramolecular Hbond substituents is 1. The third-order valence-electron chi connectivity index (χ3n) is 8.92. The van der Waals surface area contributed by atoms with E-state index in [4.69, 9.17) is 18.9 Å². The highest BCUT2D eigenvalue weighted by Gasteiger charge is 2.70. The predicted octanol–water partition coefficient (Wildman–Crippen LogP) is 6.44. The van der Waals surface area contributed by atoms with Crippen LogP contribution in [0.5, 0.6) is 11.5 Å². The maximum atomic E-state index is 11.9. The molecule has 2 heterocycles. The molecule has 7 heteroatoms. The summed E-state index contributed by atoms with van der Waals surface area (Å²) in [6.07, 6.45) is 8.62. The summed E-state index contributed by atoms with van der Waals surface area (Å²) in [5.41, 5.74) is 1.48. The van der Waals surface area contributed by atoms with Gasteiger partial charge in [0.05, 0.1) is 6.42 Å². The SMILES string of the molecule is CC(=O)Oc1c(C)cc(O)cc1C/C=C(\C)CC1=C[C@@]2(C)CCC[C@@]2(C)[C@]2(C[C@H](OC(C)=O)C(C)(C)O2)O1. The van der Waals surface area contributed by atoms with Gasteiger partial charge >= 0.3 is 11.9 Å². The van der Waals surface area contributed by atoms with E-state index in [1.165, 1.54) is 13.8 Å². The monoisotopic (exact) mass is 526 g/mol. The number of benzene rings is 1. The molecule has 4 rings (SSSR count). The largest absolute Gasteiger partial charge is 0.508 e. The molecule has 0 radical (unpaired) electrons. The van der Waals surface area contributed by atoms with Gasteiger partial charge in [-0.2, -0.15) is 0 Å². The third kappa shape index (κ3) is 4.97. The van der Waals surface area contributed by atoms with Crippen LogP contribution in [0.1, 0.15) is 91.7 Å². The molecule has 3 aliphatic rings. The zero-order valence-electron chi connectivity index (χ0n) is 24.0. The number of hydrogen-bond donors (Lipinski definition) is 1. The fourth-order valence-electron chi connectivity index (χ4n) is 6.73. The molecule has 1 aromatic rings.